The lowest BCUT2D eigenvalue weighted by molar-refractivity contribution is -0.140. The molecule has 0 N–H and O–H groups in total. The van der Waals surface area contributed by atoms with Crippen molar-refractivity contribution in [2.24, 2.45) is 0 Å². The van der Waals surface area contributed by atoms with Gasteiger partial charge in [-0.15, -0.1) is 0 Å². The summed E-state index contributed by atoms with van der Waals surface area (Å²) in [5.41, 5.74) is 1.38. The van der Waals surface area contributed by atoms with Crippen LogP contribution >= 0.6 is 0 Å². The van der Waals surface area contributed by atoms with E-state index in [4.69, 9.17) is 9.47 Å². The molecule has 0 spiro atoms. The van der Waals surface area contributed by atoms with Crippen LogP contribution in [0, 0.1) is 11.3 Å². The van der Waals surface area contributed by atoms with Gasteiger partial charge in [0.15, 0.2) is 0 Å². The van der Waals surface area contributed by atoms with Gasteiger partial charge in [0.1, 0.15) is 17.6 Å². The summed E-state index contributed by atoms with van der Waals surface area (Å²) in [5.74, 6) is 0.734. The maximum Gasteiger partial charge on any atom is 0.332 e. The molecule has 0 heterocycles. The van der Waals surface area contributed by atoms with Crippen LogP contribution in [0.25, 0.3) is 0 Å². The summed E-state index contributed by atoms with van der Waals surface area (Å²) in [6.45, 7) is 3.58. The zero-order valence-corrected chi connectivity index (χ0v) is 13.0. The van der Waals surface area contributed by atoms with E-state index in [9.17, 15) is 10.1 Å². The summed E-state index contributed by atoms with van der Waals surface area (Å²) in [5, 5.41) is 9.25. The van der Waals surface area contributed by atoms with Gasteiger partial charge in [0.05, 0.1) is 0 Å². The topological polar surface area (TPSA) is 59.3 Å². The molecule has 0 amide bonds. The Morgan fingerprint density at radius 2 is 1.78 bits per heavy atom. The van der Waals surface area contributed by atoms with Crippen molar-refractivity contribution >= 4 is 5.97 Å². The minimum Gasteiger partial charge on any atom is -0.457 e. The Morgan fingerprint density at radius 3 is 2.43 bits per heavy atom. The number of allylic oxidation sites excluding steroid dienone is 1. The van der Waals surface area contributed by atoms with Crippen LogP contribution in [-0.4, -0.2) is 5.97 Å². The predicted octanol–water partition coefficient (Wildman–Crippen LogP) is 4.55. The molecule has 0 bridgehead atoms. The van der Waals surface area contributed by atoms with Crippen molar-refractivity contribution in [2.75, 3.05) is 0 Å². The van der Waals surface area contributed by atoms with Crippen molar-refractivity contribution in [3.8, 4) is 17.6 Å². The van der Waals surface area contributed by atoms with Crippen LogP contribution in [0.5, 0.6) is 11.5 Å². The summed E-state index contributed by atoms with van der Waals surface area (Å²) in [7, 11) is 0. The Hall–Kier alpha value is -3.06. The van der Waals surface area contributed by atoms with Gasteiger partial charge >= 0.3 is 5.97 Å². The van der Waals surface area contributed by atoms with Crippen molar-refractivity contribution < 1.29 is 14.3 Å². The van der Waals surface area contributed by atoms with E-state index in [1.165, 1.54) is 6.08 Å². The molecule has 2 rings (SSSR count). The molecule has 0 aliphatic carbocycles. The van der Waals surface area contributed by atoms with Crippen LogP contribution in [0.3, 0.4) is 0 Å². The van der Waals surface area contributed by atoms with E-state index in [0.717, 1.165) is 5.57 Å². The molecule has 4 nitrogen and oxygen atoms in total. The summed E-state index contributed by atoms with van der Waals surface area (Å²) >= 11 is 0. The van der Waals surface area contributed by atoms with E-state index in [2.05, 4.69) is 0 Å². The van der Waals surface area contributed by atoms with Gasteiger partial charge in [-0.1, -0.05) is 35.9 Å². The van der Waals surface area contributed by atoms with Crippen molar-refractivity contribution in [3.63, 3.8) is 0 Å². The number of esters is 1. The zero-order valence-electron chi connectivity index (χ0n) is 13.0. The quantitative estimate of drug-likeness (QED) is 0.600. The second kappa shape index (κ2) is 7.81. The molecule has 116 valence electrons. The SMILES string of the molecule is CC(C)=CC(=O)OC(C#N)c1cccc(Oc2ccccc2)c1. The van der Waals surface area contributed by atoms with Crippen LogP contribution < -0.4 is 4.74 Å². The molecule has 2 aromatic rings. The van der Waals surface area contributed by atoms with Gasteiger partial charge < -0.3 is 9.47 Å². The van der Waals surface area contributed by atoms with Crippen molar-refractivity contribution in [2.45, 2.75) is 20.0 Å². The minimum absolute atomic E-state index is 0.536. The fraction of sp³-hybridized carbons (Fsp3) is 0.158. The van der Waals surface area contributed by atoms with Gasteiger partial charge in [-0.3, -0.25) is 0 Å². The maximum atomic E-state index is 11.7. The molecule has 0 aliphatic rings. The number of carbonyl (C=O) groups excluding carboxylic acids is 1. The smallest absolute Gasteiger partial charge is 0.332 e. The van der Waals surface area contributed by atoms with Gasteiger partial charge in [-0.2, -0.15) is 5.26 Å². The zero-order chi connectivity index (χ0) is 16.7. The number of hydrogen-bond donors (Lipinski definition) is 0. The van der Waals surface area contributed by atoms with E-state index < -0.39 is 12.1 Å². The molecule has 1 atom stereocenters. The van der Waals surface area contributed by atoms with Crippen LogP contribution in [0.2, 0.25) is 0 Å². The number of nitriles is 1. The first-order valence-electron chi connectivity index (χ1n) is 7.16. The number of hydrogen-bond acceptors (Lipinski definition) is 4. The number of rotatable bonds is 5. The first-order valence-corrected chi connectivity index (χ1v) is 7.16. The Morgan fingerprint density at radius 1 is 1.09 bits per heavy atom. The molecule has 23 heavy (non-hydrogen) atoms. The van der Waals surface area contributed by atoms with Gasteiger partial charge in [-0.25, -0.2) is 4.79 Å². The highest BCUT2D eigenvalue weighted by atomic mass is 16.5. The lowest BCUT2D eigenvalue weighted by Gasteiger charge is -2.12. The van der Waals surface area contributed by atoms with E-state index in [-0.39, 0.29) is 0 Å². The third kappa shape index (κ3) is 5.01. The molecule has 0 aliphatic heterocycles. The fourth-order valence-corrected chi connectivity index (χ4v) is 1.92. The standard InChI is InChI=1S/C19H17NO3/c1-14(2)11-19(21)23-18(13-20)15-7-6-10-17(12-15)22-16-8-4-3-5-9-16/h3-12,18H,1-2H3. The molecule has 0 saturated heterocycles. The van der Waals surface area contributed by atoms with Gasteiger partial charge in [-0.05, 0) is 38.1 Å². The second-order valence-electron chi connectivity index (χ2n) is 5.16. The van der Waals surface area contributed by atoms with Crippen LogP contribution in [-0.2, 0) is 9.53 Å². The van der Waals surface area contributed by atoms with E-state index in [1.54, 1.807) is 38.1 Å². The lowest BCUT2D eigenvalue weighted by Crippen LogP contribution is -2.08. The monoisotopic (exact) mass is 307 g/mol. The second-order valence-corrected chi connectivity index (χ2v) is 5.16. The fourth-order valence-electron chi connectivity index (χ4n) is 1.92. The number of carbonyl (C=O) groups is 1. The first kappa shape index (κ1) is 16.3. The molecular formula is C19H17NO3. The Bertz CT molecular complexity index is 741. The molecule has 1 unspecified atom stereocenters. The van der Waals surface area contributed by atoms with Crippen LogP contribution in [0.4, 0.5) is 0 Å². The Labute approximate surface area is 135 Å². The number of nitrogens with zero attached hydrogens (tertiary/aromatic N) is 1. The molecular weight excluding hydrogens is 290 g/mol. The van der Waals surface area contributed by atoms with E-state index in [0.29, 0.717) is 17.1 Å². The predicted molar refractivity (Wildman–Crippen MR) is 86.8 cm³/mol. The average molecular weight is 307 g/mol. The number of para-hydroxylation sites is 1. The highest BCUT2D eigenvalue weighted by molar-refractivity contribution is 5.83. The molecule has 2 aromatic carbocycles. The van der Waals surface area contributed by atoms with Gasteiger partial charge in [0.2, 0.25) is 6.10 Å². The number of benzene rings is 2. The highest BCUT2D eigenvalue weighted by Gasteiger charge is 2.15. The third-order valence-electron chi connectivity index (χ3n) is 2.90. The van der Waals surface area contributed by atoms with E-state index in [1.807, 2.05) is 36.4 Å². The largest absolute Gasteiger partial charge is 0.457 e. The van der Waals surface area contributed by atoms with Gasteiger partial charge in [0.25, 0.3) is 0 Å². The van der Waals surface area contributed by atoms with Crippen LogP contribution in [0.1, 0.15) is 25.5 Å². The summed E-state index contributed by atoms with van der Waals surface area (Å²) in [6.07, 6.45) is 0.381. The highest BCUT2D eigenvalue weighted by Crippen LogP contribution is 2.26. The number of ether oxygens (including phenoxy) is 2. The van der Waals surface area contributed by atoms with Crippen molar-refractivity contribution in [3.05, 3.63) is 71.8 Å². The molecule has 0 saturated carbocycles. The summed E-state index contributed by atoms with van der Waals surface area (Å²) < 4.78 is 10.9. The molecule has 0 radical (unpaired) electrons. The van der Waals surface area contributed by atoms with Crippen molar-refractivity contribution in [1.82, 2.24) is 0 Å². The van der Waals surface area contributed by atoms with E-state index >= 15 is 0 Å². The summed E-state index contributed by atoms with van der Waals surface area (Å²) in [6, 6.07) is 18.3. The third-order valence-corrected chi connectivity index (χ3v) is 2.90. The summed E-state index contributed by atoms with van der Waals surface area (Å²) in [4.78, 5) is 11.7. The average Bonchev–Trinajstić information content (AvgIpc) is 2.53. The maximum absolute atomic E-state index is 11.7. The minimum atomic E-state index is -0.975. The Balaban J connectivity index is 2.15. The van der Waals surface area contributed by atoms with Crippen LogP contribution in [0.15, 0.2) is 66.2 Å². The molecule has 4 heteroatoms. The van der Waals surface area contributed by atoms with Gasteiger partial charge in [0, 0.05) is 11.6 Å². The lowest BCUT2D eigenvalue weighted by atomic mass is 10.1. The Kier molecular flexibility index (Phi) is 5.54. The first-order chi connectivity index (χ1) is 11.1. The molecule has 0 fully saturated rings. The normalized spacial score (nSPS) is 11.0. The molecule has 0 aromatic heterocycles. The van der Waals surface area contributed by atoms with Crippen molar-refractivity contribution in [1.29, 1.82) is 5.26 Å².